The lowest BCUT2D eigenvalue weighted by Crippen LogP contribution is -2.77. The van der Waals surface area contributed by atoms with Gasteiger partial charge in [0.05, 0.1) is 32.0 Å². The van der Waals surface area contributed by atoms with Crippen molar-refractivity contribution in [2.45, 2.75) is 62.8 Å². The Bertz CT molecular complexity index is 757. The van der Waals surface area contributed by atoms with Gasteiger partial charge in [0.2, 0.25) is 0 Å². The van der Waals surface area contributed by atoms with Crippen LogP contribution in [0.3, 0.4) is 0 Å². The summed E-state index contributed by atoms with van der Waals surface area (Å²) in [6, 6.07) is -1.81. The number of aliphatic hydroxyl groups is 1. The van der Waals surface area contributed by atoms with Crippen molar-refractivity contribution in [3.63, 3.8) is 0 Å². The van der Waals surface area contributed by atoms with Crippen LogP contribution in [0.5, 0.6) is 0 Å². The fourth-order valence-corrected chi connectivity index (χ4v) is 3.40. The first-order chi connectivity index (χ1) is 14.4. The third-order valence-electron chi connectivity index (χ3n) is 5.16. The highest BCUT2D eigenvalue weighted by Gasteiger charge is 2.70. The number of ether oxygens (including phenoxy) is 1. The lowest BCUT2D eigenvalue weighted by atomic mass is 9.49. The van der Waals surface area contributed by atoms with E-state index in [1.807, 2.05) is 0 Å². The normalized spacial score (nSPS) is 24.0. The van der Waals surface area contributed by atoms with Crippen molar-refractivity contribution in [3.8, 4) is 0 Å². The Hall–Kier alpha value is -2.94. The van der Waals surface area contributed by atoms with Crippen molar-refractivity contribution >= 4 is 35.4 Å². The van der Waals surface area contributed by atoms with Crippen LogP contribution in [0.1, 0.15) is 39.5 Å². The molecule has 0 amide bonds. The van der Waals surface area contributed by atoms with Crippen LogP contribution in [0.15, 0.2) is 0 Å². The van der Waals surface area contributed by atoms with Gasteiger partial charge in [-0.2, -0.15) is 0 Å². The second-order valence-electron chi connectivity index (χ2n) is 7.65. The lowest BCUT2D eigenvalue weighted by molar-refractivity contribution is -0.174. The van der Waals surface area contributed by atoms with Gasteiger partial charge in [-0.25, -0.2) is 4.79 Å². The first-order valence-corrected chi connectivity index (χ1v) is 9.29. The van der Waals surface area contributed by atoms with Crippen LogP contribution < -0.4 is 17.2 Å². The van der Waals surface area contributed by atoms with Gasteiger partial charge in [-0.15, -0.1) is 0 Å². The molecule has 0 aliphatic heterocycles. The predicted molar refractivity (Wildman–Crippen MR) is 105 cm³/mol. The molecule has 0 aromatic carbocycles. The van der Waals surface area contributed by atoms with E-state index in [1.165, 1.54) is 13.8 Å². The van der Waals surface area contributed by atoms with Crippen molar-refractivity contribution in [2.24, 2.45) is 22.6 Å². The van der Waals surface area contributed by atoms with Gasteiger partial charge in [-0.1, -0.05) is 0 Å². The molecule has 0 aromatic rings. The number of Topliss-reactive ketones (excluding diaryl/α,β-unsaturated/α-hetero) is 2. The minimum Gasteiger partial charge on any atom is -0.481 e. The molecule has 182 valence electrons. The summed E-state index contributed by atoms with van der Waals surface area (Å²) in [6.07, 6.45) is -1.93. The zero-order chi connectivity index (χ0) is 25.7. The summed E-state index contributed by atoms with van der Waals surface area (Å²) in [5, 5.41) is 33.8. The van der Waals surface area contributed by atoms with Gasteiger partial charge in [0.25, 0.3) is 0 Å². The summed E-state index contributed by atoms with van der Waals surface area (Å²) >= 11 is 0. The number of carbonyl (C=O) groups excluding carboxylic acids is 3. The zero-order valence-corrected chi connectivity index (χ0v) is 17.9. The van der Waals surface area contributed by atoms with Crippen LogP contribution in [-0.2, 0) is 33.5 Å². The molecular weight excluding hydrogens is 434 g/mol. The molecule has 1 aliphatic carbocycles. The molecule has 0 bridgehead atoms. The summed E-state index contributed by atoms with van der Waals surface area (Å²) in [5.74, 6) is -6.93. The van der Waals surface area contributed by atoms with Crippen molar-refractivity contribution in [3.05, 3.63) is 0 Å². The topological polar surface area (TPSA) is 271 Å². The van der Waals surface area contributed by atoms with E-state index in [9.17, 15) is 28.8 Å². The van der Waals surface area contributed by atoms with Gasteiger partial charge >= 0.3 is 23.9 Å². The summed E-state index contributed by atoms with van der Waals surface area (Å²) in [7, 11) is 1.16. The smallest absolute Gasteiger partial charge is 0.336 e. The number of methoxy groups -OCH3 is 1. The van der Waals surface area contributed by atoms with E-state index in [-0.39, 0.29) is 12.8 Å². The van der Waals surface area contributed by atoms with Crippen LogP contribution in [0.25, 0.3) is 0 Å². The second-order valence-corrected chi connectivity index (χ2v) is 7.65. The van der Waals surface area contributed by atoms with E-state index < -0.39 is 76.9 Å². The molecule has 0 saturated heterocycles. The molecule has 14 nitrogen and oxygen atoms in total. The van der Waals surface area contributed by atoms with Crippen molar-refractivity contribution in [1.82, 2.24) is 0 Å². The van der Waals surface area contributed by atoms with Gasteiger partial charge in [0.15, 0.2) is 17.2 Å². The van der Waals surface area contributed by atoms with Crippen LogP contribution in [-0.4, -0.2) is 86.2 Å². The van der Waals surface area contributed by atoms with Gasteiger partial charge in [-0.05, 0) is 26.7 Å². The number of rotatable bonds is 10. The molecule has 0 spiro atoms. The van der Waals surface area contributed by atoms with Gasteiger partial charge in [0.1, 0.15) is 11.0 Å². The standard InChI is InChI=1S/C12H21N3O4.C6H8O7/c1-6(13)8(16)11(9(17)7(2)14)4-5-12(11,15)10(18)19-3;7-3(8)1-6(13,5(11)12)2-4(9)10/h6-7H,4-5,13-15H2,1-3H3;13H,1-2H2,(H,7,8)(H,9,10)(H,11,12). The third-order valence-corrected chi connectivity index (χ3v) is 5.16. The fraction of sp³-hybridized carbons (Fsp3) is 0.667. The fourth-order valence-electron chi connectivity index (χ4n) is 3.40. The predicted octanol–water partition coefficient (Wildman–Crippen LogP) is -2.78. The molecule has 14 heteroatoms. The van der Waals surface area contributed by atoms with Gasteiger partial charge in [-0.3, -0.25) is 24.0 Å². The molecule has 0 radical (unpaired) electrons. The maximum atomic E-state index is 12.3. The SMILES string of the molecule is COC(=O)C1(N)CCC1(C(=O)C(C)N)C(=O)C(C)N.O=C(O)CC(O)(CC(=O)O)C(=O)O. The molecule has 1 saturated carbocycles. The van der Waals surface area contributed by atoms with E-state index >= 15 is 0 Å². The summed E-state index contributed by atoms with van der Waals surface area (Å²) < 4.78 is 4.62. The summed E-state index contributed by atoms with van der Waals surface area (Å²) in [4.78, 5) is 67.0. The Balaban J connectivity index is 0.000000649. The molecular formula is C18H29N3O11. The number of hydrogen-bond donors (Lipinski definition) is 7. The van der Waals surface area contributed by atoms with Crippen LogP contribution in [0, 0.1) is 5.41 Å². The number of ketones is 2. The van der Waals surface area contributed by atoms with Crippen LogP contribution in [0.2, 0.25) is 0 Å². The molecule has 1 rings (SSSR count). The Morgan fingerprint density at radius 2 is 1.28 bits per heavy atom. The van der Waals surface area contributed by atoms with Crippen LogP contribution >= 0.6 is 0 Å². The molecule has 10 N–H and O–H groups in total. The molecule has 0 heterocycles. The van der Waals surface area contributed by atoms with Crippen LogP contribution in [0.4, 0.5) is 0 Å². The number of nitrogens with two attached hydrogens (primary N) is 3. The molecule has 32 heavy (non-hydrogen) atoms. The number of aliphatic carboxylic acids is 3. The number of esters is 1. The number of carboxylic acids is 3. The Morgan fingerprint density at radius 3 is 1.47 bits per heavy atom. The quantitative estimate of drug-likeness (QED) is 0.127. The van der Waals surface area contributed by atoms with Gasteiger partial charge < -0.3 is 42.4 Å². The minimum absolute atomic E-state index is 0.166. The molecule has 3 unspecified atom stereocenters. The highest BCUT2D eigenvalue weighted by molar-refractivity contribution is 6.17. The Kier molecular flexibility index (Phi) is 9.61. The molecule has 1 aliphatic rings. The van der Waals surface area contributed by atoms with E-state index in [1.54, 1.807) is 0 Å². The number of hydrogen-bond acceptors (Lipinski definition) is 11. The van der Waals surface area contributed by atoms with Gasteiger partial charge in [0, 0.05) is 0 Å². The van der Waals surface area contributed by atoms with Crippen molar-refractivity contribution in [1.29, 1.82) is 0 Å². The van der Waals surface area contributed by atoms with E-state index in [0.29, 0.717) is 0 Å². The first kappa shape index (κ1) is 29.1. The molecule has 0 aromatic heterocycles. The van der Waals surface area contributed by atoms with Crippen molar-refractivity contribution < 1.29 is 53.9 Å². The van der Waals surface area contributed by atoms with E-state index in [4.69, 9.17) is 37.6 Å². The van der Waals surface area contributed by atoms with Crippen molar-refractivity contribution in [2.75, 3.05) is 7.11 Å². The van der Waals surface area contributed by atoms with E-state index in [0.717, 1.165) is 7.11 Å². The zero-order valence-electron chi connectivity index (χ0n) is 17.9. The first-order valence-electron chi connectivity index (χ1n) is 9.29. The third kappa shape index (κ3) is 5.64. The lowest BCUT2D eigenvalue weighted by Gasteiger charge is -2.53. The second kappa shape index (κ2) is 10.6. The monoisotopic (exact) mass is 463 g/mol. The highest BCUT2D eigenvalue weighted by atomic mass is 16.5. The average Bonchev–Trinajstić information content (AvgIpc) is 2.64. The molecule has 1 fully saturated rings. The summed E-state index contributed by atoms with van der Waals surface area (Å²) in [5.41, 5.74) is 11.1. The molecule has 3 atom stereocenters. The Morgan fingerprint density at radius 1 is 0.906 bits per heavy atom. The van der Waals surface area contributed by atoms with E-state index in [2.05, 4.69) is 4.74 Å². The number of carbonyl (C=O) groups is 6. The maximum Gasteiger partial charge on any atom is 0.336 e. The Labute approximate surface area is 182 Å². The largest absolute Gasteiger partial charge is 0.481 e. The maximum absolute atomic E-state index is 12.3. The highest BCUT2D eigenvalue weighted by Crippen LogP contribution is 2.51. The minimum atomic E-state index is -2.74. The average molecular weight is 463 g/mol. The summed E-state index contributed by atoms with van der Waals surface area (Å²) in [6.45, 7) is 2.91. The number of carboxylic acid groups (broad SMARTS) is 3.